The molecule has 1 aliphatic carbocycles. The lowest BCUT2D eigenvalue weighted by atomic mass is 10.0. The van der Waals surface area contributed by atoms with E-state index in [0.717, 1.165) is 6.42 Å². The first-order chi connectivity index (χ1) is 7.02. The Balaban J connectivity index is 3.15. The van der Waals surface area contributed by atoms with Crippen LogP contribution in [0.5, 0.6) is 0 Å². The van der Waals surface area contributed by atoms with Crippen LogP contribution in [0.3, 0.4) is 0 Å². The molecule has 0 aromatic rings. The van der Waals surface area contributed by atoms with E-state index in [-0.39, 0.29) is 9.84 Å². The molecule has 0 saturated carbocycles. The number of alkyl halides is 1. The first kappa shape index (κ1) is 12.5. The molecule has 0 aromatic carbocycles. The van der Waals surface area contributed by atoms with Crippen LogP contribution in [0, 0.1) is 5.92 Å². The molecule has 0 saturated heterocycles. The largest absolute Gasteiger partial charge is 0.466 e. The first-order valence-electron chi connectivity index (χ1n) is 4.57. The molecule has 0 aromatic heterocycles. The Morgan fingerprint density at radius 1 is 1.20 bits per heavy atom. The Kier molecular flexibility index (Phi) is 4.12. The highest BCUT2D eigenvalue weighted by Crippen LogP contribution is 2.37. The minimum Gasteiger partial charge on any atom is -0.466 e. The smallest absolute Gasteiger partial charge is 0.335 e. The van der Waals surface area contributed by atoms with Gasteiger partial charge in [0.2, 0.25) is 0 Å². The van der Waals surface area contributed by atoms with Crippen molar-refractivity contribution in [3.8, 4) is 0 Å². The van der Waals surface area contributed by atoms with Gasteiger partial charge in [-0.05, 0) is 12.3 Å². The summed E-state index contributed by atoms with van der Waals surface area (Å²) in [7, 11) is 2.63. The third-order valence-electron chi connectivity index (χ3n) is 2.47. The highest BCUT2D eigenvalue weighted by molar-refractivity contribution is 14.1. The minimum absolute atomic E-state index is 0.0270. The van der Waals surface area contributed by atoms with Gasteiger partial charge >= 0.3 is 11.9 Å². The average molecular weight is 324 g/mol. The van der Waals surface area contributed by atoms with E-state index < -0.39 is 11.9 Å². The Morgan fingerprint density at radius 2 is 1.67 bits per heavy atom. The molecule has 2 unspecified atom stereocenters. The summed E-state index contributed by atoms with van der Waals surface area (Å²) < 4.78 is 9.37. The van der Waals surface area contributed by atoms with Crippen LogP contribution in [0.2, 0.25) is 0 Å². The van der Waals surface area contributed by atoms with Crippen molar-refractivity contribution in [3.63, 3.8) is 0 Å². The summed E-state index contributed by atoms with van der Waals surface area (Å²) in [5.41, 5.74) is 0.918. The van der Waals surface area contributed by atoms with Gasteiger partial charge in [-0.1, -0.05) is 29.5 Å². The maximum absolute atomic E-state index is 11.5. The number of halogens is 1. The predicted molar refractivity (Wildman–Crippen MR) is 62.6 cm³/mol. The van der Waals surface area contributed by atoms with Crippen LogP contribution in [-0.2, 0) is 19.1 Å². The van der Waals surface area contributed by atoms with Crippen molar-refractivity contribution in [1.29, 1.82) is 0 Å². The van der Waals surface area contributed by atoms with Crippen LogP contribution in [-0.4, -0.2) is 30.1 Å². The van der Waals surface area contributed by atoms with Crippen molar-refractivity contribution < 1.29 is 19.1 Å². The van der Waals surface area contributed by atoms with Crippen molar-refractivity contribution in [2.24, 2.45) is 5.92 Å². The Labute approximate surface area is 102 Å². The SMILES string of the molecule is COC(=O)C1=C(C(=O)OC)C(I)CC1C. The topological polar surface area (TPSA) is 52.6 Å². The Hall–Kier alpha value is -0.590. The fourth-order valence-corrected chi connectivity index (χ4v) is 3.10. The van der Waals surface area contributed by atoms with Gasteiger partial charge in [0.25, 0.3) is 0 Å². The quantitative estimate of drug-likeness (QED) is 0.439. The number of hydrogen-bond donors (Lipinski definition) is 0. The molecule has 0 aliphatic heterocycles. The summed E-state index contributed by atoms with van der Waals surface area (Å²) in [5, 5.41) is 0. The van der Waals surface area contributed by atoms with E-state index in [9.17, 15) is 9.59 Å². The average Bonchev–Trinajstić information content (AvgIpc) is 2.51. The molecule has 2 atom stereocenters. The zero-order valence-corrected chi connectivity index (χ0v) is 11.0. The van der Waals surface area contributed by atoms with Crippen LogP contribution >= 0.6 is 22.6 Å². The Morgan fingerprint density at radius 3 is 2.13 bits per heavy atom. The molecular formula is C10H13IO4. The summed E-state index contributed by atoms with van der Waals surface area (Å²) in [6.45, 7) is 1.91. The van der Waals surface area contributed by atoms with Gasteiger partial charge in [0.15, 0.2) is 0 Å². The molecule has 0 amide bonds. The second-order valence-electron chi connectivity index (χ2n) is 3.41. The molecule has 0 N–H and O–H groups in total. The molecule has 0 bridgehead atoms. The van der Waals surface area contributed by atoms with Gasteiger partial charge in [0.1, 0.15) is 0 Å². The van der Waals surface area contributed by atoms with Crippen molar-refractivity contribution in [1.82, 2.24) is 0 Å². The highest BCUT2D eigenvalue weighted by atomic mass is 127. The van der Waals surface area contributed by atoms with Crippen LogP contribution in [0.4, 0.5) is 0 Å². The standard InChI is InChI=1S/C10H13IO4/c1-5-4-6(11)8(10(13)15-3)7(5)9(12)14-2/h5-6H,4H2,1-3H3. The van der Waals surface area contributed by atoms with Gasteiger partial charge < -0.3 is 9.47 Å². The van der Waals surface area contributed by atoms with E-state index in [2.05, 4.69) is 32.1 Å². The molecular weight excluding hydrogens is 311 g/mol. The third-order valence-corrected chi connectivity index (χ3v) is 3.60. The zero-order chi connectivity index (χ0) is 11.6. The van der Waals surface area contributed by atoms with Gasteiger partial charge in [-0.3, -0.25) is 0 Å². The van der Waals surface area contributed by atoms with E-state index >= 15 is 0 Å². The number of methoxy groups -OCH3 is 2. The number of ether oxygens (including phenoxy) is 2. The molecule has 0 fully saturated rings. The second-order valence-corrected chi connectivity index (χ2v) is 4.92. The van der Waals surface area contributed by atoms with Crippen LogP contribution < -0.4 is 0 Å². The fraction of sp³-hybridized carbons (Fsp3) is 0.600. The third kappa shape index (κ3) is 2.32. The molecule has 5 heteroatoms. The molecule has 0 heterocycles. The maximum atomic E-state index is 11.5. The fourth-order valence-electron chi connectivity index (χ4n) is 1.75. The second kappa shape index (κ2) is 4.96. The minimum atomic E-state index is -0.431. The number of esters is 2. The summed E-state index contributed by atoms with van der Waals surface area (Å²) in [5.74, 6) is -0.810. The van der Waals surface area contributed by atoms with Crippen LogP contribution in [0.1, 0.15) is 13.3 Å². The first-order valence-corrected chi connectivity index (χ1v) is 5.82. The molecule has 15 heavy (non-hydrogen) atoms. The van der Waals surface area contributed by atoms with Crippen molar-refractivity contribution >= 4 is 34.5 Å². The molecule has 84 valence electrons. The van der Waals surface area contributed by atoms with Gasteiger partial charge in [0, 0.05) is 3.92 Å². The number of rotatable bonds is 2. The van der Waals surface area contributed by atoms with Gasteiger partial charge in [-0.25, -0.2) is 9.59 Å². The van der Waals surface area contributed by atoms with E-state index in [1.165, 1.54) is 14.2 Å². The Bertz CT molecular complexity index is 291. The van der Waals surface area contributed by atoms with Crippen molar-refractivity contribution in [2.45, 2.75) is 17.3 Å². The molecule has 1 aliphatic rings. The van der Waals surface area contributed by atoms with Crippen LogP contribution in [0.15, 0.2) is 11.1 Å². The summed E-state index contributed by atoms with van der Waals surface area (Å²) in [6, 6.07) is 0. The van der Waals surface area contributed by atoms with Crippen molar-refractivity contribution in [3.05, 3.63) is 11.1 Å². The lowest BCUT2D eigenvalue weighted by Gasteiger charge is -2.07. The summed E-state index contributed by atoms with van der Waals surface area (Å²) in [4.78, 5) is 23.0. The summed E-state index contributed by atoms with van der Waals surface area (Å²) in [6.07, 6.45) is 0.773. The van der Waals surface area contributed by atoms with Crippen LogP contribution in [0.25, 0.3) is 0 Å². The van der Waals surface area contributed by atoms with E-state index in [1.54, 1.807) is 0 Å². The number of hydrogen-bond acceptors (Lipinski definition) is 4. The normalized spacial score (nSPS) is 25.3. The lowest BCUT2D eigenvalue weighted by Crippen LogP contribution is -2.16. The zero-order valence-electron chi connectivity index (χ0n) is 8.87. The predicted octanol–water partition coefficient (Wildman–Crippen LogP) is 1.47. The van der Waals surface area contributed by atoms with E-state index in [0.29, 0.717) is 11.1 Å². The molecule has 0 radical (unpaired) electrons. The monoisotopic (exact) mass is 324 g/mol. The molecule has 1 rings (SSSR count). The molecule has 0 spiro atoms. The molecule has 4 nitrogen and oxygen atoms in total. The highest BCUT2D eigenvalue weighted by Gasteiger charge is 2.38. The van der Waals surface area contributed by atoms with E-state index in [4.69, 9.17) is 0 Å². The van der Waals surface area contributed by atoms with Gasteiger partial charge in [-0.2, -0.15) is 0 Å². The van der Waals surface area contributed by atoms with E-state index in [1.807, 2.05) is 6.92 Å². The van der Waals surface area contributed by atoms with Crippen molar-refractivity contribution in [2.75, 3.05) is 14.2 Å². The van der Waals surface area contributed by atoms with Gasteiger partial charge in [0.05, 0.1) is 25.4 Å². The lowest BCUT2D eigenvalue weighted by molar-refractivity contribution is -0.139. The summed E-state index contributed by atoms with van der Waals surface area (Å²) >= 11 is 2.15. The number of carbonyl (C=O) groups excluding carboxylic acids is 2. The number of carbonyl (C=O) groups is 2. The maximum Gasteiger partial charge on any atom is 0.335 e. The van der Waals surface area contributed by atoms with Gasteiger partial charge in [-0.15, -0.1) is 0 Å².